The lowest BCUT2D eigenvalue weighted by Crippen LogP contribution is -2.27. The first-order valence-corrected chi connectivity index (χ1v) is 7.10. The van der Waals surface area contributed by atoms with Crippen molar-refractivity contribution in [1.29, 1.82) is 0 Å². The summed E-state index contributed by atoms with van der Waals surface area (Å²) in [6.07, 6.45) is 4.94. The second-order valence-corrected chi connectivity index (χ2v) is 4.85. The predicted molar refractivity (Wildman–Crippen MR) is 90.6 cm³/mol. The summed E-state index contributed by atoms with van der Waals surface area (Å²) < 4.78 is 1.37. The first-order valence-electron chi connectivity index (χ1n) is 7.10. The lowest BCUT2D eigenvalue weighted by molar-refractivity contribution is 0.682. The Morgan fingerprint density at radius 3 is 2.78 bits per heavy atom. The van der Waals surface area contributed by atoms with E-state index in [2.05, 4.69) is 26.6 Å². The maximum absolute atomic E-state index is 12.6. The highest BCUT2D eigenvalue weighted by Crippen LogP contribution is 2.20. The van der Waals surface area contributed by atoms with Crippen LogP contribution in [0.1, 0.15) is 0 Å². The van der Waals surface area contributed by atoms with Crippen molar-refractivity contribution in [2.45, 2.75) is 6.54 Å². The minimum absolute atomic E-state index is 0.212. The van der Waals surface area contributed by atoms with Crippen LogP contribution in [0.5, 0.6) is 0 Å². The van der Waals surface area contributed by atoms with Crippen LogP contribution in [0.25, 0.3) is 22.3 Å². The highest BCUT2D eigenvalue weighted by molar-refractivity contribution is 5.94. The van der Waals surface area contributed by atoms with Gasteiger partial charge in [-0.05, 0) is 30.3 Å². The number of rotatable bonds is 4. The van der Waals surface area contributed by atoms with Crippen molar-refractivity contribution in [2.75, 3.05) is 7.05 Å². The monoisotopic (exact) mass is 305 g/mol. The molecular weight excluding hydrogens is 290 g/mol. The van der Waals surface area contributed by atoms with Gasteiger partial charge >= 0.3 is 0 Å². The van der Waals surface area contributed by atoms with E-state index in [-0.39, 0.29) is 12.1 Å². The molecule has 0 fully saturated rings. The largest absolute Gasteiger partial charge is 0.291 e. The van der Waals surface area contributed by atoms with Gasteiger partial charge in [0, 0.05) is 19.4 Å². The Morgan fingerprint density at radius 2 is 2.09 bits per heavy atom. The molecule has 0 bridgehead atoms. The highest BCUT2D eigenvalue weighted by Gasteiger charge is 2.14. The van der Waals surface area contributed by atoms with E-state index in [1.807, 2.05) is 18.2 Å². The fourth-order valence-electron chi connectivity index (χ4n) is 2.28. The van der Waals surface area contributed by atoms with Crippen molar-refractivity contribution in [1.82, 2.24) is 19.7 Å². The van der Waals surface area contributed by atoms with E-state index in [9.17, 15) is 4.79 Å². The topological polar surface area (TPSA) is 73.0 Å². The third-order valence-electron chi connectivity index (χ3n) is 3.46. The van der Waals surface area contributed by atoms with Crippen molar-refractivity contribution in [3.8, 4) is 11.4 Å². The van der Waals surface area contributed by atoms with Crippen LogP contribution in [-0.2, 0) is 6.54 Å². The second-order valence-electron chi connectivity index (χ2n) is 4.85. The van der Waals surface area contributed by atoms with E-state index < -0.39 is 0 Å². The number of allylic oxidation sites excluding steroid dienone is 1. The van der Waals surface area contributed by atoms with Gasteiger partial charge in [0.2, 0.25) is 0 Å². The number of hydrogen-bond acceptors (Lipinski definition) is 5. The van der Waals surface area contributed by atoms with Crippen LogP contribution >= 0.6 is 0 Å². The van der Waals surface area contributed by atoms with Gasteiger partial charge in [0.15, 0.2) is 0 Å². The number of hydrogen-bond donors (Lipinski definition) is 0. The van der Waals surface area contributed by atoms with E-state index in [4.69, 9.17) is 0 Å². The molecule has 0 radical (unpaired) electrons. The Kier molecular flexibility index (Phi) is 4.05. The van der Waals surface area contributed by atoms with E-state index >= 15 is 0 Å². The van der Waals surface area contributed by atoms with Crippen LogP contribution in [-0.4, -0.2) is 32.5 Å². The van der Waals surface area contributed by atoms with Crippen molar-refractivity contribution in [2.24, 2.45) is 4.99 Å². The molecule has 6 heteroatoms. The summed E-state index contributed by atoms with van der Waals surface area (Å²) in [5.74, 6) is 0. The fourth-order valence-corrected chi connectivity index (χ4v) is 2.28. The lowest BCUT2D eigenvalue weighted by Gasteiger charge is -2.10. The Hall–Kier alpha value is -3.15. The normalized spacial score (nSPS) is 11.6. The third-order valence-corrected chi connectivity index (χ3v) is 3.46. The molecule has 114 valence electrons. The van der Waals surface area contributed by atoms with Crippen LogP contribution in [0.4, 0.5) is 0 Å². The molecule has 6 nitrogen and oxygen atoms in total. The van der Waals surface area contributed by atoms with Gasteiger partial charge < -0.3 is 0 Å². The van der Waals surface area contributed by atoms with E-state index in [0.29, 0.717) is 28.0 Å². The molecule has 0 aliphatic heterocycles. The first-order chi connectivity index (χ1) is 11.2. The molecular formula is C17H15N5O. The van der Waals surface area contributed by atoms with E-state index in [1.54, 1.807) is 37.7 Å². The highest BCUT2D eigenvalue weighted by atomic mass is 16.1. The minimum Gasteiger partial charge on any atom is -0.291 e. The quantitative estimate of drug-likeness (QED) is 0.692. The molecule has 0 aliphatic carbocycles. The molecule has 3 aromatic heterocycles. The number of aromatic nitrogens is 4. The van der Waals surface area contributed by atoms with Crippen molar-refractivity contribution < 1.29 is 0 Å². The summed E-state index contributed by atoms with van der Waals surface area (Å²) in [7, 11) is 1.66. The van der Waals surface area contributed by atoms with Crippen LogP contribution in [0.2, 0.25) is 0 Å². The van der Waals surface area contributed by atoms with Crippen LogP contribution in [0.3, 0.4) is 0 Å². The van der Waals surface area contributed by atoms with Gasteiger partial charge in [0.1, 0.15) is 11.2 Å². The van der Waals surface area contributed by atoms with Crippen molar-refractivity contribution >= 4 is 16.6 Å². The van der Waals surface area contributed by atoms with Crippen LogP contribution < -0.4 is 5.56 Å². The van der Waals surface area contributed by atoms with Gasteiger partial charge in [-0.1, -0.05) is 12.6 Å². The summed E-state index contributed by atoms with van der Waals surface area (Å²) in [6, 6.07) is 9.02. The predicted octanol–water partition coefficient (Wildman–Crippen LogP) is 2.11. The Balaban J connectivity index is 2.29. The summed E-state index contributed by atoms with van der Waals surface area (Å²) in [5, 5.41) is 4.96. The molecule has 3 rings (SSSR count). The number of aliphatic imine (C=N–C) groups is 1. The maximum atomic E-state index is 12.6. The molecule has 0 saturated heterocycles. The SMILES string of the molecule is C=C/C(Cn1nc(-c2ccccn2)c2ncccc2c1=O)=N\C. The average Bonchev–Trinajstić information content (AvgIpc) is 2.62. The summed E-state index contributed by atoms with van der Waals surface area (Å²) in [5.41, 5.74) is 2.24. The molecule has 3 heterocycles. The molecule has 3 aromatic rings. The summed E-state index contributed by atoms with van der Waals surface area (Å²) in [6.45, 7) is 3.96. The maximum Gasteiger partial charge on any atom is 0.276 e. The number of pyridine rings is 2. The zero-order valence-corrected chi connectivity index (χ0v) is 12.7. The molecule has 0 spiro atoms. The summed E-state index contributed by atoms with van der Waals surface area (Å²) >= 11 is 0. The molecule has 0 amide bonds. The van der Waals surface area contributed by atoms with Crippen LogP contribution in [0.15, 0.2) is 65.2 Å². The number of fused-ring (bicyclic) bond motifs is 1. The molecule has 0 aromatic carbocycles. The molecule has 23 heavy (non-hydrogen) atoms. The fraction of sp³-hybridized carbons (Fsp3) is 0.118. The number of nitrogens with zero attached hydrogens (tertiary/aromatic N) is 5. The zero-order valence-electron chi connectivity index (χ0n) is 12.7. The van der Waals surface area contributed by atoms with Gasteiger partial charge in [-0.3, -0.25) is 19.8 Å². The van der Waals surface area contributed by atoms with Crippen LogP contribution in [0, 0.1) is 0 Å². The van der Waals surface area contributed by atoms with Gasteiger partial charge in [0.25, 0.3) is 5.56 Å². The smallest absolute Gasteiger partial charge is 0.276 e. The standard InChI is InChI=1S/C17H15N5O/c1-3-12(18-2)11-22-17(23)13-7-6-10-20-15(13)16(21-22)14-8-4-5-9-19-14/h3-10H,1,11H2,2H3/b18-12+. The van der Waals surface area contributed by atoms with Gasteiger partial charge in [-0.2, -0.15) is 5.10 Å². The molecule has 0 atom stereocenters. The third kappa shape index (κ3) is 2.78. The Labute approximate surface area is 132 Å². The lowest BCUT2D eigenvalue weighted by atomic mass is 10.2. The van der Waals surface area contributed by atoms with Crippen molar-refractivity contribution in [3.05, 3.63) is 65.7 Å². The van der Waals surface area contributed by atoms with E-state index in [1.165, 1.54) is 4.68 Å². The van der Waals surface area contributed by atoms with E-state index in [0.717, 1.165) is 0 Å². The molecule has 0 aliphatic rings. The summed E-state index contributed by atoms with van der Waals surface area (Å²) in [4.78, 5) is 25.4. The first kappa shape index (κ1) is 14.8. The zero-order chi connectivity index (χ0) is 16.2. The average molecular weight is 305 g/mol. The molecule has 0 saturated carbocycles. The van der Waals surface area contributed by atoms with Gasteiger partial charge in [-0.25, -0.2) is 4.68 Å². The minimum atomic E-state index is -0.212. The Bertz CT molecular complexity index is 944. The Morgan fingerprint density at radius 1 is 1.26 bits per heavy atom. The van der Waals surface area contributed by atoms with Gasteiger partial charge in [-0.15, -0.1) is 0 Å². The molecule has 0 N–H and O–H groups in total. The second kappa shape index (κ2) is 6.31. The van der Waals surface area contributed by atoms with Gasteiger partial charge in [0.05, 0.1) is 23.3 Å². The van der Waals surface area contributed by atoms with Crippen molar-refractivity contribution in [3.63, 3.8) is 0 Å². The molecule has 0 unspecified atom stereocenters.